The number of hydrogen-bond acceptors (Lipinski definition) is 3. The van der Waals surface area contributed by atoms with Crippen molar-refractivity contribution in [2.75, 3.05) is 17.2 Å². The lowest BCUT2D eigenvalue weighted by molar-refractivity contribution is 0.776. The van der Waals surface area contributed by atoms with E-state index in [1.807, 2.05) is 11.8 Å². The summed E-state index contributed by atoms with van der Waals surface area (Å²) < 4.78 is 0. The van der Waals surface area contributed by atoms with Crippen molar-refractivity contribution in [3.8, 4) is 0 Å². The zero-order valence-electron chi connectivity index (χ0n) is 7.25. The smallest absolute Gasteiger partial charge is 0.271 e. The van der Waals surface area contributed by atoms with Gasteiger partial charge in [-0.3, -0.25) is 4.79 Å². The minimum Gasteiger partial charge on any atom is -0.394 e. The van der Waals surface area contributed by atoms with Crippen molar-refractivity contribution in [1.29, 1.82) is 0 Å². The number of hydrogen-bond donors (Lipinski definition) is 2. The van der Waals surface area contributed by atoms with Gasteiger partial charge in [0.15, 0.2) is 0 Å². The van der Waals surface area contributed by atoms with Crippen LogP contribution in [0.25, 0.3) is 0 Å². The van der Waals surface area contributed by atoms with Crippen LogP contribution in [0.3, 0.4) is 0 Å². The van der Waals surface area contributed by atoms with Gasteiger partial charge in [0.05, 0.1) is 5.69 Å². The van der Waals surface area contributed by atoms with Crippen LogP contribution in [0.4, 0.5) is 5.69 Å². The number of anilines is 1. The third-order valence-electron chi connectivity index (χ3n) is 2.36. The Morgan fingerprint density at radius 3 is 3.08 bits per heavy atom. The molecule has 13 heavy (non-hydrogen) atoms. The maximum Gasteiger partial charge on any atom is 0.271 e. The second-order valence-corrected chi connectivity index (χ2v) is 4.43. The topological polar surface area (TPSA) is 58.9 Å². The van der Waals surface area contributed by atoms with Gasteiger partial charge in [-0.05, 0) is 29.7 Å². The van der Waals surface area contributed by atoms with E-state index in [4.69, 9.17) is 5.73 Å². The molecule has 1 aromatic rings. The van der Waals surface area contributed by atoms with Crippen LogP contribution < -0.4 is 11.3 Å². The van der Waals surface area contributed by atoms with E-state index in [0.717, 1.165) is 5.75 Å². The highest BCUT2D eigenvalue weighted by atomic mass is 32.2. The number of nitrogens with one attached hydrogen (secondary N) is 1. The molecule has 2 rings (SSSR count). The quantitative estimate of drug-likeness (QED) is 0.709. The fourth-order valence-corrected chi connectivity index (χ4v) is 2.81. The van der Waals surface area contributed by atoms with Gasteiger partial charge in [-0.2, -0.15) is 11.8 Å². The normalized spacial score (nSPS) is 22.0. The second kappa shape index (κ2) is 3.46. The van der Waals surface area contributed by atoms with E-state index in [1.165, 1.54) is 17.7 Å². The monoisotopic (exact) mass is 196 g/mol. The molecular weight excluding hydrogens is 184 g/mol. The minimum absolute atomic E-state index is 0.186. The highest BCUT2D eigenvalue weighted by Crippen LogP contribution is 2.31. The number of rotatable bonds is 1. The Labute approximate surface area is 80.7 Å². The Kier molecular flexibility index (Phi) is 2.31. The van der Waals surface area contributed by atoms with Crippen LogP contribution >= 0.6 is 11.8 Å². The average molecular weight is 196 g/mol. The molecule has 1 unspecified atom stereocenters. The van der Waals surface area contributed by atoms with Crippen molar-refractivity contribution in [2.45, 2.75) is 12.3 Å². The largest absolute Gasteiger partial charge is 0.394 e. The van der Waals surface area contributed by atoms with Crippen LogP contribution in [0.5, 0.6) is 0 Å². The lowest BCUT2D eigenvalue weighted by Crippen LogP contribution is -2.12. The molecule has 1 aromatic heterocycles. The van der Waals surface area contributed by atoms with Crippen molar-refractivity contribution in [1.82, 2.24) is 4.98 Å². The van der Waals surface area contributed by atoms with E-state index < -0.39 is 0 Å². The zero-order chi connectivity index (χ0) is 9.26. The van der Waals surface area contributed by atoms with Crippen LogP contribution in [-0.2, 0) is 0 Å². The van der Waals surface area contributed by atoms with Crippen LogP contribution in [0.15, 0.2) is 17.1 Å². The molecule has 1 aliphatic rings. The van der Waals surface area contributed by atoms with Gasteiger partial charge in [0.2, 0.25) is 0 Å². The molecule has 0 radical (unpaired) electrons. The molecule has 0 aliphatic carbocycles. The van der Waals surface area contributed by atoms with Crippen LogP contribution in [0, 0.1) is 0 Å². The summed E-state index contributed by atoms with van der Waals surface area (Å²) in [6.07, 6.45) is 2.98. The molecule has 0 amide bonds. The van der Waals surface area contributed by atoms with Gasteiger partial charge in [-0.1, -0.05) is 0 Å². The fourth-order valence-electron chi connectivity index (χ4n) is 1.55. The van der Waals surface area contributed by atoms with Crippen LogP contribution in [-0.4, -0.2) is 16.5 Å². The summed E-state index contributed by atoms with van der Waals surface area (Å²) in [5, 5.41) is 0. The Morgan fingerprint density at radius 1 is 1.62 bits per heavy atom. The van der Waals surface area contributed by atoms with Gasteiger partial charge in [-0.25, -0.2) is 0 Å². The number of nitrogens with two attached hydrogens (primary N) is 1. The van der Waals surface area contributed by atoms with Crippen LogP contribution in [0.2, 0.25) is 0 Å². The van der Waals surface area contributed by atoms with E-state index in [9.17, 15) is 4.79 Å². The van der Waals surface area contributed by atoms with Crippen molar-refractivity contribution in [3.63, 3.8) is 0 Å². The number of aromatic amines is 1. The third kappa shape index (κ3) is 1.72. The summed E-state index contributed by atoms with van der Waals surface area (Å²) in [5.41, 5.74) is 6.85. The summed E-state index contributed by atoms with van der Waals surface area (Å²) in [4.78, 5) is 13.7. The molecular formula is C9H12N2OS. The number of pyridine rings is 1. The summed E-state index contributed by atoms with van der Waals surface area (Å²) in [5.74, 6) is 2.93. The van der Waals surface area contributed by atoms with Crippen molar-refractivity contribution in [2.24, 2.45) is 0 Å². The molecule has 3 N–H and O–H groups in total. The molecule has 3 nitrogen and oxygen atoms in total. The van der Waals surface area contributed by atoms with Gasteiger partial charge in [0, 0.05) is 11.9 Å². The molecule has 1 atom stereocenters. The molecule has 2 heterocycles. The maximum absolute atomic E-state index is 11.0. The van der Waals surface area contributed by atoms with Crippen molar-refractivity contribution < 1.29 is 0 Å². The Bertz CT molecular complexity index is 355. The van der Waals surface area contributed by atoms with E-state index >= 15 is 0 Å². The van der Waals surface area contributed by atoms with Crippen LogP contribution in [0.1, 0.15) is 17.9 Å². The maximum atomic E-state index is 11.0. The van der Waals surface area contributed by atoms with Gasteiger partial charge in [0.25, 0.3) is 5.56 Å². The van der Waals surface area contributed by atoms with Gasteiger partial charge >= 0.3 is 0 Å². The summed E-state index contributed by atoms with van der Waals surface area (Å²) in [7, 11) is 0. The molecule has 1 aliphatic heterocycles. The number of nitrogen functional groups attached to an aromatic ring is 1. The molecule has 1 fully saturated rings. The van der Waals surface area contributed by atoms with E-state index in [0.29, 0.717) is 11.6 Å². The predicted molar refractivity (Wildman–Crippen MR) is 56.2 cm³/mol. The number of thioether (sulfide) groups is 1. The lowest BCUT2D eigenvalue weighted by Gasteiger charge is -2.07. The SMILES string of the molecule is Nc1cc(C2CCSC2)c[nH]c1=O. The molecule has 1 saturated heterocycles. The third-order valence-corrected chi connectivity index (χ3v) is 3.52. The van der Waals surface area contributed by atoms with E-state index in [-0.39, 0.29) is 5.56 Å². The standard InChI is InChI=1S/C9H12N2OS/c10-8-3-7(4-11-9(8)12)6-1-2-13-5-6/h3-4,6H,1-2,5,10H2,(H,11,12). The minimum atomic E-state index is -0.186. The predicted octanol–water partition coefficient (Wildman–Crippen LogP) is 1.18. The van der Waals surface area contributed by atoms with Gasteiger partial charge in [-0.15, -0.1) is 0 Å². The summed E-state index contributed by atoms with van der Waals surface area (Å²) >= 11 is 1.95. The van der Waals surface area contributed by atoms with Gasteiger partial charge < -0.3 is 10.7 Å². The Balaban J connectivity index is 2.30. The Hall–Kier alpha value is -0.900. The first-order valence-corrected chi connectivity index (χ1v) is 5.48. The molecule has 0 aromatic carbocycles. The zero-order valence-corrected chi connectivity index (χ0v) is 8.06. The average Bonchev–Trinajstić information content (AvgIpc) is 2.62. The number of H-pyrrole nitrogens is 1. The fraction of sp³-hybridized carbons (Fsp3) is 0.444. The molecule has 0 saturated carbocycles. The lowest BCUT2D eigenvalue weighted by atomic mass is 10.0. The first kappa shape index (κ1) is 8.69. The molecule has 0 spiro atoms. The van der Waals surface area contributed by atoms with E-state index in [2.05, 4.69) is 4.98 Å². The highest BCUT2D eigenvalue weighted by molar-refractivity contribution is 7.99. The summed E-state index contributed by atoms with van der Waals surface area (Å²) in [6.45, 7) is 0. The molecule has 4 heteroatoms. The highest BCUT2D eigenvalue weighted by Gasteiger charge is 2.17. The first-order chi connectivity index (χ1) is 6.27. The number of aromatic nitrogens is 1. The van der Waals surface area contributed by atoms with Crippen molar-refractivity contribution >= 4 is 17.4 Å². The van der Waals surface area contributed by atoms with Gasteiger partial charge in [0.1, 0.15) is 0 Å². The molecule has 70 valence electrons. The Morgan fingerprint density at radius 2 is 2.46 bits per heavy atom. The first-order valence-electron chi connectivity index (χ1n) is 4.33. The van der Waals surface area contributed by atoms with Crippen molar-refractivity contribution in [3.05, 3.63) is 28.2 Å². The molecule has 0 bridgehead atoms. The van der Waals surface area contributed by atoms with E-state index in [1.54, 1.807) is 12.3 Å². The second-order valence-electron chi connectivity index (χ2n) is 3.28. The summed E-state index contributed by atoms with van der Waals surface area (Å²) in [6, 6.07) is 1.80.